The van der Waals surface area contributed by atoms with E-state index < -0.39 is 0 Å². The molecule has 0 saturated carbocycles. The van der Waals surface area contributed by atoms with Gasteiger partial charge in [-0.1, -0.05) is 48.3 Å². The Morgan fingerprint density at radius 2 is 1.87 bits per heavy atom. The van der Waals surface area contributed by atoms with Crippen LogP contribution < -0.4 is 10.6 Å². The molecule has 23 heavy (non-hydrogen) atoms. The Balaban J connectivity index is 2.40. The van der Waals surface area contributed by atoms with Crippen LogP contribution in [0.25, 0.3) is 0 Å². The quantitative estimate of drug-likeness (QED) is 0.719. The first kappa shape index (κ1) is 18.1. The second-order valence-corrected chi connectivity index (χ2v) is 6.62. The van der Waals surface area contributed by atoms with Crippen LogP contribution >= 0.6 is 23.2 Å². The summed E-state index contributed by atoms with van der Waals surface area (Å²) in [6.07, 6.45) is 0.914. The van der Waals surface area contributed by atoms with Gasteiger partial charge in [0.2, 0.25) is 0 Å². The third kappa shape index (κ3) is 4.20. The summed E-state index contributed by atoms with van der Waals surface area (Å²) in [6, 6.07) is 12.1. The summed E-state index contributed by atoms with van der Waals surface area (Å²) in [5.74, 6) is 0. The van der Waals surface area contributed by atoms with E-state index in [4.69, 9.17) is 28.9 Å². The third-order valence-electron chi connectivity index (χ3n) is 4.21. The molecule has 2 rings (SSSR count). The molecule has 0 aliphatic heterocycles. The lowest BCUT2D eigenvalue weighted by molar-refractivity contribution is 0.685. The van der Waals surface area contributed by atoms with Crippen LogP contribution in [0.2, 0.25) is 10.0 Å². The molecule has 0 amide bonds. The van der Waals surface area contributed by atoms with Crippen LogP contribution in [-0.2, 0) is 6.54 Å². The van der Waals surface area contributed by atoms with Gasteiger partial charge in [-0.25, -0.2) is 0 Å². The fraction of sp³-hybridized carbons (Fsp3) is 0.368. The van der Waals surface area contributed by atoms with Crippen LogP contribution in [0, 0.1) is 6.92 Å². The normalized spacial score (nSPS) is 12.3. The predicted octanol–water partition coefficient (Wildman–Crippen LogP) is 5.74. The standard InChI is InChI=1S/C19H24Cl2N2/c1-4-17(22)19-13(3)7-6-8-18(19)23(5-2)12-14-9-10-15(20)11-16(14)21/h6-11,17H,4-5,12,22H2,1-3H3. The number of benzene rings is 2. The third-order valence-corrected chi connectivity index (χ3v) is 4.80. The van der Waals surface area contributed by atoms with Crippen LogP contribution in [0.1, 0.15) is 43.0 Å². The average molecular weight is 351 g/mol. The van der Waals surface area contributed by atoms with Crippen molar-refractivity contribution in [2.24, 2.45) is 5.73 Å². The van der Waals surface area contributed by atoms with Gasteiger partial charge in [0.25, 0.3) is 0 Å². The van der Waals surface area contributed by atoms with E-state index in [1.54, 1.807) is 6.07 Å². The van der Waals surface area contributed by atoms with E-state index in [1.807, 2.05) is 12.1 Å². The Morgan fingerprint density at radius 3 is 2.48 bits per heavy atom. The molecule has 2 aromatic carbocycles. The number of hydrogen-bond donors (Lipinski definition) is 1. The van der Waals surface area contributed by atoms with Gasteiger partial charge in [-0.3, -0.25) is 0 Å². The largest absolute Gasteiger partial charge is 0.367 e. The molecule has 0 saturated heterocycles. The second-order valence-electron chi connectivity index (χ2n) is 5.77. The molecule has 124 valence electrons. The van der Waals surface area contributed by atoms with Gasteiger partial charge >= 0.3 is 0 Å². The summed E-state index contributed by atoms with van der Waals surface area (Å²) in [6.45, 7) is 8.00. The van der Waals surface area contributed by atoms with Crippen LogP contribution in [0.5, 0.6) is 0 Å². The minimum absolute atomic E-state index is 0.0425. The molecule has 2 nitrogen and oxygen atoms in total. The van der Waals surface area contributed by atoms with Crippen molar-refractivity contribution in [1.29, 1.82) is 0 Å². The van der Waals surface area contributed by atoms with Crippen molar-refractivity contribution in [2.75, 3.05) is 11.4 Å². The summed E-state index contributed by atoms with van der Waals surface area (Å²) in [7, 11) is 0. The molecule has 0 aliphatic rings. The highest BCUT2D eigenvalue weighted by Gasteiger charge is 2.17. The number of hydrogen-bond acceptors (Lipinski definition) is 2. The van der Waals surface area contributed by atoms with Gasteiger partial charge in [0.1, 0.15) is 0 Å². The van der Waals surface area contributed by atoms with Crippen LogP contribution in [0.3, 0.4) is 0 Å². The maximum atomic E-state index is 6.36. The Bertz CT molecular complexity index is 670. The van der Waals surface area contributed by atoms with Crippen molar-refractivity contribution in [3.63, 3.8) is 0 Å². The van der Waals surface area contributed by atoms with Gasteiger partial charge in [-0.2, -0.15) is 0 Å². The number of nitrogens with two attached hydrogens (primary N) is 1. The maximum Gasteiger partial charge on any atom is 0.0470 e. The van der Waals surface area contributed by atoms with E-state index in [1.165, 1.54) is 16.8 Å². The molecule has 2 aromatic rings. The molecule has 0 fully saturated rings. The summed E-state index contributed by atoms with van der Waals surface area (Å²) in [4.78, 5) is 2.31. The van der Waals surface area contributed by atoms with Gasteiger partial charge in [0.05, 0.1) is 0 Å². The molecule has 0 radical (unpaired) electrons. The minimum Gasteiger partial charge on any atom is -0.367 e. The van der Waals surface area contributed by atoms with Crippen molar-refractivity contribution in [1.82, 2.24) is 0 Å². The highest BCUT2D eigenvalue weighted by Crippen LogP contribution is 2.32. The van der Waals surface area contributed by atoms with E-state index in [9.17, 15) is 0 Å². The first-order valence-electron chi connectivity index (χ1n) is 8.01. The van der Waals surface area contributed by atoms with Gasteiger partial charge in [-0.05, 0) is 55.2 Å². The molecule has 0 heterocycles. The van der Waals surface area contributed by atoms with Crippen molar-refractivity contribution < 1.29 is 0 Å². The highest BCUT2D eigenvalue weighted by molar-refractivity contribution is 6.35. The summed E-state index contributed by atoms with van der Waals surface area (Å²) >= 11 is 12.3. The van der Waals surface area contributed by atoms with Gasteiger partial charge < -0.3 is 10.6 Å². The number of anilines is 1. The van der Waals surface area contributed by atoms with Gasteiger partial charge in [0.15, 0.2) is 0 Å². The maximum absolute atomic E-state index is 6.36. The van der Waals surface area contributed by atoms with Crippen molar-refractivity contribution in [3.8, 4) is 0 Å². The molecule has 0 aromatic heterocycles. The van der Waals surface area contributed by atoms with E-state index in [0.717, 1.165) is 25.1 Å². The minimum atomic E-state index is 0.0425. The van der Waals surface area contributed by atoms with Crippen LogP contribution in [-0.4, -0.2) is 6.54 Å². The SMILES string of the molecule is CCC(N)c1c(C)cccc1N(CC)Cc1ccc(Cl)cc1Cl. The lowest BCUT2D eigenvalue weighted by atomic mass is 9.97. The Hall–Kier alpha value is -1.22. The monoisotopic (exact) mass is 350 g/mol. The van der Waals surface area contributed by atoms with E-state index in [0.29, 0.717) is 10.0 Å². The molecular formula is C19H24Cl2N2. The molecule has 0 aliphatic carbocycles. The van der Waals surface area contributed by atoms with Crippen molar-refractivity contribution >= 4 is 28.9 Å². The van der Waals surface area contributed by atoms with Gasteiger partial charge in [-0.15, -0.1) is 0 Å². The topological polar surface area (TPSA) is 29.3 Å². The predicted molar refractivity (Wildman–Crippen MR) is 102 cm³/mol. The molecule has 1 unspecified atom stereocenters. The Labute approximate surface area is 149 Å². The first-order chi connectivity index (χ1) is 11.0. The molecule has 1 atom stereocenters. The van der Waals surface area contributed by atoms with Gasteiger partial charge in [0, 0.05) is 34.9 Å². The Morgan fingerprint density at radius 1 is 1.13 bits per heavy atom. The van der Waals surface area contributed by atoms with Crippen LogP contribution in [0.4, 0.5) is 5.69 Å². The average Bonchev–Trinajstić information content (AvgIpc) is 2.53. The summed E-state index contributed by atoms with van der Waals surface area (Å²) < 4.78 is 0. The van der Waals surface area contributed by atoms with E-state index >= 15 is 0 Å². The van der Waals surface area contributed by atoms with Crippen LogP contribution in [0.15, 0.2) is 36.4 Å². The lowest BCUT2D eigenvalue weighted by Gasteiger charge is -2.29. The Kier molecular flexibility index (Phi) is 6.34. The van der Waals surface area contributed by atoms with E-state index in [-0.39, 0.29) is 6.04 Å². The summed E-state index contributed by atoms with van der Waals surface area (Å²) in [5, 5.41) is 1.36. The van der Waals surface area contributed by atoms with Crippen molar-refractivity contribution in [3.05, 3.63) is 63.1 Å². The molecule has 0 spiro atoms. The number of rotatable bonds is 6. The molecular weight excluding hydrogens is 327 g/mol. The summed E-state index contributed by atoms with van der Waals surface area (Å²) in [5.41, 5.74) is 11.1. The molecule has 4 heteroatoms. The number of aryl methyl sites for hydroxylation is 1. The first-order valence-corrected chi connectivity index (χ1v) is 8.77. The van der Waals surface area contributed by atoms with E-state index in [2.05, 4.69) is 43.9 Å². The zero-order valence-corrected chi connectivity index (χ0v) is 15.5. The molecule has 0 bridgehead atoms. The smallest absolute Gasteiger partial charge is 0.0470 e. The number of halogens is 2. The zero-order valence-electron chi connectivity index (χ0n) is 13.9. The lowest BCUT2D eigenvalue weighted by Crippen LogP contribution is -2.25. The molecule has 2 N–H and O–H groups in total. The number of nitrogens with zero attached hydrogens (tertiary/aromatic N) is 1. The highest BCUT2D eigenvalue weighted by atomic mass is 35.5. The zero-order chi connectivity index (χ0) is 17.0. The second kappa shape index (κ2) is 8.05. The fourth-order valence-electron chi connectivity index (χ4n) is 2.85. The fourth-order valence-corrected chi connectivity index (χ4v) is 3.32. The van der Waals surface area contributed by atoms with Crippen molar-refractivity contribution in [2.45, 2.75) is 39.8 Å².